The lowest BCUT2D eigenvalue weighted by atomic mass is 9.82. The molecule has 0 spiro atoms. The zero-order valence-electron chi connectivity index (χ0n) is 9.07. The standard InChI is InChI=1S/C11H13F3N2O/c12-11(13,14)8-3-9(4-8)17-10-2-1-7(5-15)6-16-10/h1-2,6,8-9H,3-5,15H2. The monoisotopic (exact) mass is 246 g/mol. The molecule has 1 aromatic heterocycles. The summed E-state index contributed by atoms with van der Waals surface area (Å²) < 4.78 is 42.0. The summed E-state index contributed by atoms with van der Waals surface area (Å²) in [5.74, 6) is -0.872. The molecule has 1 saturated carbocycles. The summed E-state index contributed by atoms with van der Waals surface area (Å²) >= 11 is 0. The van der Waals surface area contributed by atoms with Gasteiger partial charge in [-0.15, -0.1) is 0 Å². The third kappa shape index (κ3) is 2.88. The number of hydrogen-bond acceptors (Lipinski definition) is 3. The number of pyridine rings is 1. The van der Waals surface area contributed by atoms with Crippen molar-refractivity contribution < 1.29 is 17.9 Å². The van der Waals surface area contributed by atoms with Gasteiger partial charge >= 0.3 is 6.18 Å². The Morgan fingerprint density at radius 2 is 2.06 bits per heavy atom. The van der Waals surface area contributed by atoms with Crippen molar-refractivity contribution in [1.82, 2.24) is 4.98 Å². The number of ether oxygens (including phenoxy) is 1. The van der Waals surface area contributed by atoms with Crippen LogP contribution in [0.1, 0.15) is 18.4 Å². The Morgan fingerprint density at radius 3 is 2.53 bits per heavy atom. The molecule has 1 fully saturated rings. The first-order chi connectivity index (χ1) is 7.99. The SMILES string of the molecule is NCc1ccc(OC2CC(C(F)(F)F)C2)nc1. The number of hydrogen-bond donors (Lipinski definition) is 1. The van der Waals surface area contributed by atoms with Crippen molar-refractivity contribution in [3.8, 4) is 5.88 Å². The molecule has 0 aliphatic heterocycles. The van der Waals surface area contributed by atoms with Crippen LogP contribution in [0.4, 0.5) is 13.2 Å². The summed E-state index contributed by atoms with van der Waals surface area (Å²) in [7, 11) is 0. The van der Waals surface area contributed by atoms with E-state index in [0.29, 0.717) is 12.4 Å². The first-order valence-electron chi connectivity index (χ1n) is 5.37. The normalized spacial score (nSPS) is 24.2. The smallest absolute Gasteiger partial charge is 0.392 e. The van der Waals surface area contributed by atoms with Crippen LogP contribution >= 0.6 is 0 Å². The molecule has 2 N–H and O–H groups in total. The second-order valence-corrected chi connectivity index (χ2v) is 4.16. The van der Waals surface area contributed by atoms with E-state index in [1.54, 1.807) is 18.3 Å². The van der Waals surface area contributed by atoms with Gasteiger partial charge < -0.3 is 10.5 Å². The zero-order chi connectivity index (χ0) is 12.5. The van der Waals surface area contributed by atoms with Crippen LogP contribution < -0.4 is 10.5 Å². The molecule has 0 atom stereocenters. The quantitative estimate of drug-likeness (QED) is 0.889. The highest BCUT2D eigenvalue weighted by molar-refractivity contribution is 5.18. The van der Waals surface area contributed by atoms with Crippen LogP contribution in [-0.2, 0) is 6.54 Å². The van der Waals surface area contributed by atoms with Crippen molar-refractivity contribution in [2.45, 2.75) is 31.7 Å². The molecule has 6 heteroatoms. The Labute approximate surface area is 96.8 Å². The minimum atomic E-state index is -4.10. The second kappa shape index (κ2) is 4.52. The van der Waals surface area contributed by atoms with Gasteiger partial charge in [0, 0.05) is 18.8 Å². The second-order valence-electron chi connectivity index (χ2n) is 4.16. The maximum atomic E-state index is 12.2. The average Bonchev–Trinajstić information content (AvgIpc) is 2.22. The van der Waals surface area contributed by atoms with Crippen molar-refractivity contribution >= 4 is 0 Å². The van der Waals surface area contributed by atoms with Crippen molar-refractivity contribution in [2.75, 3.05) is 0 Å². The third-order valence-corrected chi connectivity index (χ3v) is 2.88. The molecule has 0 saturated heterocycles. The zero-order valence-corrected chi connectivity index (χ0v) is 9.07. The van der Waals surface area contributed by atoms with Crippen molar-refractivity contribution in [1.29, 1.82) is 0 Å². The molecule has 1 heterocycles. The molecule has 2 rings (SSSR count). The van der Waals surface area contributed by atoms with Crippen LogP contribution in [-0.4, -0.2) is 17.3 Å². The van der Waals surface area contributed by atoms with Crippen LogP contribution in [0, 0.1) is 5.92 Å². The summed E-state index contributed by atoms with van der Waals surface area (Å²) in [6.45, 7) is 0.382. The van der Waals surface area contributed by atoms with E-state index in [2.05, 4.69) is 4.98 Å². The van der Waals surface area contributed by atoms with E-state index in [9.17, 15) is 13.2 Å². The van der Waals surface area contributed by atoms with Gasteiger partial charge in [-0.3, -0.25) is 0 Å². The fourth-order valence-corrected chi connectivity index (χ4v) is 1.70. The molecule has 3 nitrogen and oxygen atoms in total. The number of nitrogens with zero attached hydrogens (tertiary/aromatic N) is 1. The predicted molar refractivity (Wildman–Crippen MR) is 55.3 cm³/mol. The van der Waals surface area contributed by atoms with E-state index in [1.807, 2.05) is 0 Å². The van der Waals surface area contributed by atoms with Gasteiger partial charge in [0.1, 0.15) is 6.10 Å². The summed E-state index contributed by atoms with van der Waals surface area (Å²) in [6.07, 6.45) is -2.88. The number of halogens is 3. The van der Waals surface area contributed by atoms with E-state index in [1.165, 1.54) is 0 Å². The van der Waals surface area contributed by atoms with Crippen LogP contribution in [0.25, 0.3) is 0 Å². The molecule has 94 valence electrons. The van der Waals surface area contributed by atoms with Gasteiger partial charge in [-0.2, -0.15) is 13.2 Å². The van der Waals surface area contributed by atoms with Gasteiger partial charge in [0.05, 0.1) is 5.92 Å². The Balaban J connectivity index is 1.83. The van der Waals surface area contributed by atoms with E-state index >= 15 is 0 Å². The van der Waals surface area contributed by atoms with Gasteiger partial charge in [0.2, 0.25) is 5.88 Å². The lowest BCUT2D eigenvalue weighted by molar-refractivity contribution is -0.210. The first-order valence-corrected chi connectivity index (χ1v) is 5.37. The molecule has 0 bridgehead atoms. The van der Waals surface area contributed by atoms with Crippen molar-refractivity contribution in [2.24, 2.45) is 11.7 Å². The van der Waals surface area contributed by atoms with E-state index in [-0.39, 0.29) is 18.9 Å². The topological polar surface area (TPSA) is 48.1 Å². The minimum Gasteiger partial charge on any atom is -0.474 e. The highest BCUT2D eigenvalue weighted by Crippen LogP contribution is 2.42. The predicted octanol–water partition coefficient (Wildman–Crippen LogP) is 2.26. The Morgan fingerprint density at radius 1 is 1.35 bits per heavy atom. The highest BCUT2D eigenvalue weighted by Gasteiger charge is 2.48. The van der Waals surface area contributed by atoms with Crippen molar-refractivity contribution in [3.63, 3.8) is 0 Å². The Kier molecular flexibility index (Phi) is 3.24. The van der Waals surface area contributed by atoms with Gasteiger partial charge in [-0.1, -0.05) is 6.07 Å². The molecule has 1 aliphatic rings. The molecule has 0 unspecified atom stereocenters. The molecule has 0 radical (unpaired) electrons. The minimum absolute atomic E-state index is 0.0177. The molecule has 0 amide bonds. The molecule has 17 heavy (non-hydrogen) atoms. The van der Waals surface area contributed by atoms with E-state index in [0.717, 1.165) is 5.56 Å². The van der Waals surface area contributed by atoms with Gasteiger partial charge in [0.15, 0.2) is 0 Å². The molecular formula is C11H13F3N2O. The summed E-state index contributed by atoms with van der Waals surface area (Å²) in [6, 6.07) is 3.38. The highest BCUT2D eigenvalue weighted by atomic mass is 19.4. The summed E-state index contributed by atoms with van der Waals surface area (Å²) in [4.78, 5) is 3.98. The van der Waals surface area contributed by atoms with Gasteiger partial charge in [-0.25, -0.2) is 4.98 Å². The van der Waals surface area contributed by atoms with Crippen LogP contribution in [0.2, 0.25) is 0 Å². The Bertz CT molecular complexity index is 371. The van der Waals surface area contributed by atoms with Gasteiger partial charge in [-0.05, 0) is 18.4 Å². The number of nitrogens with two attached hydrogens (primary N) is 1. The lowest BCUT2D eigenvalue weighted by Gasteiger charge is -2.35. The number of aromatic nitrogens is 1. The molecule has 1 aromatic rings. The van der Waals surface area contributed by atoms with Crippen LogP contribution in [0.15, 0.2) is 18.3 Å². The maximum absolute atomic E-state index is 12.2. The fourth-order valence-electron chi connectivity index (χ4n) is 1.70. The number of rotatable bonds is 3. The summed E-state index contributed by atoms with van der Waals surface area (Å²) in [5.41, 5.74) is 6.26. The largest absolute Gasteiger partial charge is 0.474 e. The van der Waals surface area contributed by atoms with Crippen LogP contribution in [0.3, 0.4) is 0 Å². The molecule has 1 aliphatic carbocycles. The summed E-state index contributed by atoms with van der Waals surface area (Å²) in [5, 5.41) is 0. The number of alkyl halides is 3. The van der Waals surface area contributed by atoms with Crippen LogP contribution in [0.5, 0.6) is 5.88 Å². The maximum Gasteiger partial charge on any atom is 0.392 e. The first kappa shape index (κ1) is 12.2. The average molecular weight is 246 g/mol. The Hall–Kier alpha value is -1.30. The van der Waals surface area contributed by atoms with Gasteiger partial charge in [0.25, 0.3) is 0 Å². The third-order valence-electron chi connectivity index (χ3n) is 2.88. The fraction of sp³-hybridized carbons (Fsp3) is 0.545. The van der Waals surface area contributed by atoms with Crippen molar-refractivity contribution in [3.05, 3.63) is 23.9 Å². The molecular weight excluding hydrogens is 233 g/mol. The molecule has 0 aromatic carbocycles. The van der Waals surface area contributed by atoms with E-state index in [4.69, 9.17) is 10.5 Å². The van der Waals surface area contributed by atoms with E-state index < -0.39 is 12.1 Å². The lowest BCUT2D eigenvalue weighted by Crippen LogP contribution is -2.42.